The molecule has 2 N–H and O–H groups in total. The zero-order valence-electron chi connectivity index (χ0n) is 16.2. The second-order valence-electron chi connectivity index (χ2n) is 6.20. The number of guanidine groups is 1. The van der Waals surface area contributed by atoms with Crippen LogP contribution in [0.4, 0.5) is 0 Å². The molecule has 0 saturated carbocycles. The Morgan fingerprint density at radius 3 is 2.61 bits per heavy atom. The van der Waals surface area contributed by atoms with Crippen LogP contribution in [0.1, 0.15) is 23.9 Å². The molecule has 3 rings (SSSR count). The van der Waals surface area contributed by atoms with Gasteiger partial charge in [-0.15, -0.1) is 24.0 Å². The first-order chi connectivity index (χ1) is 13.2. The third-order valence-corrected chi connectivity index (χ3v) is 3.99. The number of nitrogens with zero attached hydrogens (tertiary/aromatic N) is 3. The molecular weight excluding hydrogens is 465 g/mol. The van der Waals surface area contributed by atoms with Crippen LogP contribution in [0.15, 0.2) is 64.3 Å². The molecule has 0 fully saturated rings. The van der Waals surface area contributed by atoms with Gasteiger partial charge in [0.25, 0.3) is 0 Å². The summed E-state index contributed by atoms with van der Waals surface area (Å²) in [6, 6.07) is 14.0. The second-order valence-corrected chi connectivity index (χ2v) is 6.20. The van der Waals surface area contributed by atoms with E-state index in [1.165, 1.54) is 5.56 Å². The van der Waals surface area contributed by atoms with Crippen LogP contribution in [0, 0.1) is 6.92 Å². The molecule has 0 radical (unpaired) electrons. The van der Waals surface area contributed by atoms with Crippen LogP contribution < -0.4 is 10.6 Å². The van der Waals surface area contributed by atoms with Crippen LogP contribution in [0.25, 0.3) is 11.5 Å². The van der Waals surface area contributed by atoms with Crippen LogP contribution in [-0.2, 0) is 13.0 Å². The van der Waals surface area contributed by atoms with Gasteiger partial charge in [-0.3, -0.25) is 4.98 Å². The summed E-state index contributed by atoms with van der Waals surface area (Å²) < 4.78 is 5.61. The molecule has 0 spiro atoms. The van der Waals surface area contributed by atoms with E-state index >= 15 is 0 Å². The molecule has 0 unspecified atom stereocenters. The fourth-order valence-electron chi connectivity index (χ4n) is 2.55. The molecular formula is C21H26IN5O. The van der Waals surface area contributed by atoms with Crippen molar-refractivity contribution in [2.75, 3.05) is 13.1 Å². The second kappa shape index (κ2) is 11.4. The lowest BCUT2D eigenvalue weighted by Gasteiger charge is -2.10. The van der Waals surface area contributed by atoms with Crippen molar-refractivity contribution in [3.63, 3.8) is 0 Å². The number of pyridine rings is 1. The van der Waals surface area contributed by atoms with Crippen LogP contribution in [0.3, 0.4) is 0 Å². The Kier molecular flexibility index (Phi) is 8.93. The van der Waals surface area contributed by atoms with E-state index in [1.54, 1.807) is 12.5 Å². The average Bonchev–Trinajstić information content (AvgIpc) is 3.16. The molecule has 0 amide bonds. The maximum atomic E-state index is 5.61. The van der Waals surface area contributed by atoms with Crippen molar-refractivity contribution in [1.29, 1.82) is 0 Å². The van der Waals surface area contributed by atoms with Crippen molar-refractivity contribution in [1.82, 2.24) is 20.6 Å². The maximum absolute atomic E-state index is 5.61. The van der Waals surface area contributed by atoms with Crippen LogP contribution in [0.2, 0.25) is 0 Å². The number of halogens is 1. The van der Waals surface area contributed by atoms with E-state index in [-0.39, 0.29) is 24.0 Å². The monoisotopic (exact) mass is 491 g/mol. The van der Waals surface area contributed by atoms with Crippen molar-refractivity contribution in [2.45, 2.75) is 26.8 Å². The molecule has 1 aromatic carbocycles. The lowest BCUT2D eigenvalue weighted by Crippen LogP contribution is -2.38. The molecule has 0 saturated heterocycles. The largest absolute Gasteiger partial charge is 0.444 e. The van der Waals surface area contributed by atoms with Gasteiger partial charge < -0.3 is 15.1 Å². The summed E-state index contributed by atoms with van der Waals surface area (Å²) in [6.45, 7) is 6.17. The number of aliphatic imine (C=N–C) groups is 1. The Hall–Kier alpha value is -2.42. The fourth-order valence-corrected chi connectivity index (χ4v) is 2.55. The number of benzene rings is 1. The quantitative estimate of drug-likeness (QED) is 0.297. The van der Waals surface area contributed by atoms with E-state index < -0.39 is 0 Å². The number of hydrogen-bond acceptors (Lipinski definition) is 4. The Morgan fingerprint density at radius 1 is 1.07 bits per heavy atom. The molecule has 0 bridgehead atoms. The van der Waals surface area contributed by atoms with Crippen LogP contribution in [-0.4, -0.2) is 29.0 Å². The third kappa shape index (κ3) is 6.63. The highest BCUT2D eigenvalue weighted by atomic mass is 127. The predicted molar refractivity (Wildman–Crippen MR) is 123 cm³/mol. The van der Waals surface area contributed by atoms with E-state index in [0.717, 1.165) is 35.9 Å². The van der Waals surface area contributed by atoms with Gasteiger partial charge in [0.05, 0.1) is 17.9 Å². The number of hydrogen-bond donors (Lipinski definition) is 2. The summed E-state index contributed by atoms with van der Waals surface area (Å²) in [5.41, 5.74) is 4.06. The predicted octanol–water partition coefficient (Wildman–Crippen LogP) is 3.96. The van der Waals surface area contributed by atoms with Gasteiger partial charge in [-0.25, -0.2) is 9.98 Å². The first kappa shape index (κ1) is 21.9. The first-order valence-electron chi connectivity index (χ1n) is 9.18. The Labute approximate surface area is 182 Å². The zero-order valence-corrected chi connectivity index (χ0v) is 18.5. The Morgan fingerprint density at radius 2 is 1.89 bits per heavy atom. The van der Waals surface area contributed by atoms with E-state index in [9.17, 15) is 0 Å². The molecule has 28 heavy (non-hydrogen) atoms. The molecule has 0 aliphatic heterocycles. The van der Waals surface area contributed by atoms with Crippen molar-refractivity contribution in [3.05, 3.63) is 71.9 Å². The van der Waals surface area contributed by atoms with Crippen molar-refractivity contribution in [2.24, 2.45) is 4.99 Å². The van der Waals surface area contributed by atoms with Gasteiger partial charge >= 0.3 is 0 Å². The molecule has 0 aliphatic carbocycles. The average molecular weight is 491 g/mol. The smallest absolute Gasteiger partial charge is 0.226 e. The minimum atomic E-state index is 0. The molecule has 0 atom stereocenters. The standard InChI is InChI=1S/C21H25N5O.HI/c1-3-22-21(25-14-18-6-4-5-12-23-18)24-13-11-19-15-27-20(26-19)17-9-7-16(2)8-10-17;/h4-10,12,15H,3,11,13-14H2,1-2H3,(H2,22,24,25);1H. The van der Waals surface area contributed by atoms with E-state index in [2.05, 4.69) is 44.7 Å². The molecule has 148 valence electrons. The van der Waals surface area contributed by atoms with E-state index in [1.807, 2.05) is 37.3 Å². The lowest BCUT2D eigenvalue weighted by molar-refractivity contribution is 0.572. The highest BCUT2D eigenvalue weighted by molar-refractivity contribution is 14.0. The minimum absolute atomic E-state index is 0. The summed E-state index contributed by atoms with van der Waals surface area (Å²) in [4.78, 5) is 13.4. The summed E-state index contributed by atoms with van der Waals surface area (Å²) in [5.74, 6) is 1.42. The molecule has 6 nitrogen and oxygen atoms in total. The number of nitrogens with one attached hydrogen (secondary N) is 2. The maximum Gasteiger partial charge on any atom is 0.226 e. The van der Waals surface area contributed by atoms with Crippen molar-refractivity contribution < 1.29 is 4.42 Å². The number of aromatic nitrogens is 2. The topological polar surface area (TPSA) is 75.3 Å². The Bertz CT molecular complexity index is 862. The van der Waals surface area contributed by atoms with Gasteiger partial charge in [0.2, 0.25) is 5.89 Å². The van der Waals surface area contributed by atoms with Gasteiger partial charge in [-0.2, -0.15) is 0 Å². The third-order valence-electron chi connectivity index (χ3n) is 3.99. The van der Waals surface area contributed by atoms with Gasteiger partial charge in [-0.05, 0) is 38.1 Å². The molecule has 2 heterocycles. The summed E-state index contributed by atoms with van der Waals surface area (Å²) in [6.07, 6.45) is 4.25. The number of aryl methyl sites for hydroxylation is 1. The van der Waals surface area contributed by atoms with Gasteiger partial charge in [-0.1, -0.05) is 23.8 Å². The minimum Gasteiger partial charge on any atom is -0.444 e. The SMILES string of the molecule is CCNC(=NCc1ccccn1)NCCc1coc(-c2ccc(C)cc2)n1.I. The van der Waals surface area contributed by atoms with E-state index in [4.69, 9.17) is 4.42 Å². The van der Waals surface area contributed by atoms with Crippen molar-refractivity contribution in [3.8, 4) is 11.5 Å². The summed E-state index contributed by atoms with van der Waals surface area (Å²) in [7, 11) is 0. The number of rotatable bonds is 7. The molecule has 7 heteroatoms. The first-order valence-corrected chi connectivity index (χ1v) is 9.18. The van der Waals surface area contributed by atoms with Crippen LogP contribution in [0.5, 0.6) is 0 Å². The number of oxazole rings is 1. The van der Waals surface area contributed by atoms with E-state index in [0.29, 0.717) is 19.0 Å². The molecule has 2 aromatic heterocycles. The normalized spacial score (nSPS) is 11.0. The Balaban J connectivity index is 0.00000280. The summed E-state index contributed by atoms with van der Waals surface area (Å²) in [5, 5.41) is 6.57. The molecule has 3 aromatic rings. The zero-order chi connectivity index (χ0) is 18.9. The van der Waals surface area contributed by atoms with Gasteiger partial charge in [0.1, 0.15) is 6.26 Å². The fraction of sp³-hybridized carbons (Fsp3) is 0.286. The van der Waals surface area contributed by atoms with Gasteiger partial charge in [0, 0.05) is 31.3 Å². The highest BCUT2D eigenvalue weighted by Crippen LogP contribution is 2.19. The van der Waals surface area contributed by atoms with Crippen molar-refractivity contribution >= 4 is 29.9 Å². The summed E-state index contributed by atoms with van der Waals surface area (Å²) >= 11 is 0. The van der Waals surface area contributed by atoms with Gasteiger partial charge in [0.15, 0.2) is 5.96 Å². The lowest BCUT2D eigenvalue weighted by atomic mass is 10.1. The highest BCUT2D eigenvalue weighted by Gasteiger charge is 2.07. The van der Waals surface area contributed by atoms with Crippen LogP contribution >= 0.6 is 24.0 Å². The molecule has 0 aliphatic rings.